The number of benzene rings is 1. The number of rotatable bonds is 2. The lowest BCUT2D eigenvalue weighted by Crippen LogP contribution is -2.45. The van der Waals surface area contributed by atoms with Crippen LogP contribution in [0.5, 0.6) is 0 Å². The molecule has 0 bridgehead atoms. The van der Waals surface area contributed by atoms with Crippen molar-refractivity contribution >= 4 is 5.69 Å². The maximum absolute atomic E-state index is 6.02. The van der Waals surface area contributed by atoms with Crippen LogP contribution in [0.4, 0.5) is 5.69 Å². The highest BCUT2D eigenvalue weighted by atomic mass is 15.2. The third kappa shape index (κ3) is 3.10. The molecule has 1 unspecified atom stereocenters. The molecule has 0 aromatic heterocycles. The second kappa shape index (κ2) is 5.93. The van der Waals surface area contributed by atoms with Crippen LogP contribution in [-0.4, -0.2) is 44.2 Å². The molecule has 1 aliphatic heterocycles. The van der Waals surface area contributed by atoms with Gasteiger partial charge < -0.3 is 15.5 Å². The fourth-order valence-corrected chi connectivity index (χ4v) is 3.36. The molecule has 2 N–H and O–H groups in total. The van der Waals surface area contributed by atoms with E-state index in [0.29, 0.717) is 6.04 Å². The number of hydrogen-bond acceptors (Lipinski definition) is 3. The Balaban J connectivity index is 2.38. The summed E-state index contributed by atoms with van der Waals surface area (Å²) >= 11 is 0. The van der Waals surface area contributed by atoms with Crippen molar-refractivity contribution in [1.29, 1.82) is 0 Å². The molecule has 3 heteroatoms. The zero-order chi connectivity index (χ0) is 14.0. The highest BCUT2D eigenvalue weighted by Gasteiger charge is 2.24. The van der Waals surface area contributed by atoms with E-state index >= 15 is 0 Å². The lowest BCUT2D eigenvalue weighted by Gasteiger charge is -2.34. The van der Waals surface area contributed by atoms with Crippen molar-refractivity contribution in [3.8, 4) is 0 Å². The first-order chi connectivity index (χ1) is 9.02. The Kier molecular flexibility index (Phi) is 4.48. The molecular formula is C16H27N3. The van der Waals surface area contributed by atoms with Gasteiger partial charge in [-0.05, 0) is 51.9 Å². The van der Waals surface area contributed by atoms with Gasteiger partial charge in [-0.1, -0.05) is 17.7 Å². The van der Waals surface area contributed by atoms with Gasteiger partial charge in [0.2, 0.25) is 0 Å². The third-order valence-electron chi connectivity index (χ3n) is 4.10. The average Bonchev–Trinajstić information content (AvgIpc) is 2.50. The Hall–Kier alpha value is -1.06. The van der Waals surface area contributed by atoms with Crippen molar-refractivity contribution in [3.63, 3.8) is 0 Å². The van der Waals surface area contributed by atoms with Crippen molar-refractivity contribution in [3.05, 3.63) is 28.8 Å². The number of likely N-dealkylation sites (N-methyl/N-ethyl adjacent to an activating group) is 1. The summed E-state index contributed by atoms with van der Waals surface area (Å²) < 4.78 is 0. The van der Waals surface area contributed by atoms with Gasteiger partial charge in [0, 0.05) is 25.3 Å². The van der Waals surface area contributed by atoms with Crippen molar-refractivity contribution in [2.75, 3.05) is 38.1 Å². The first-order valence-corrected chi connectivity index (χ1v) is 7.26. The Morgan fingerprint density at radius 2 is 1.79 bits per heavy atom. The predicted molar refractivity (Wildman–Crippen MR) is 83.0 cm³/mol. The Morgan fingerprint density at radius 1 is 1.16 bits per heavy atom. The van der Waals surface area contributed by atoms with Crippen LogP contribution in [0.1, 0.15) is 23.1 Å². The van der Waals surface area contributed by atoms with Crippen molar-refractivity contribution in [1.82, 2.24) is 4.90 Å². The molecule has 0 amide bonds. The molecule has 1 heterocycles. The first-order valence-electron chi connectivity index (χ1n) is 7.26. The van der Waals surface area contributed by atoms with E-state index in [1.165, 1.54) is 28.8 Å². The van der Waals surface area contributed by atoms with Crippen LogP contribution in [0.3, 0.4) is 0 Å². The summed E-state index contributed by atoms with van der Waals surface area (Å²) in [7, 11) is 2.20. The molecule has 0 aliphatic carbocycles. The van der Waals surface area contributed by atoms with E-state index in [2.05, 4.69) is 49.8 Å². The minimum atomic E-state index is 0.424. The first kappa shape index (κ1) is 14.4. The fourth-order valence-electron chi connectivity index (χ4n) is 3.36. The highest BCUT2D eigenvalue weighted by molar-refractivity contribution is 5.61. The van der Waals surface area contributed by atoms with Crippen LogP contribution in [0.15, 0.2) is 12.1 Å². The van der Waals surface area contributed by atoms with E-state index in [1.807, 2.05) is 0 Å². The van der Waals surface area contributed by atoms with Gasteiger partial charge in [0.25, 0.3) is 0 Å². The van der Waals surface area contributed by atoms with Crippen LogP contribution in [0.25, 0.3) is 0 Å². The molecular weight excluding hydrogens is 234 g/mol. The second-order valence-corrected chi connectivity index (χ2v) is 5.95. The largest absolute Gasteiger partial charge is 0.366 e. The van der Waals surface area contributed by atoms with Gasteiger partial charge in [0.05, 0.1) is 6.04 Å². The number of hydrogen-bond donors (Lipinski definition) is 1. The Labute approximate surface area is 117 Å². The van der Waals surface area contributed by atoms with E-state index < -0.39 is 0 Å². The Morgan fingerprint density at radius 3 is 2.37 bits per heavy atom. The van der Waals surface area contributed by atoms with Gasteiger partial charge in [-0.2, -0.15) is 0 Å². The molecule has 1 saturated heterocycles. The molecule has 1 aromatic carbocycles. The monoisotopic (exact) mass is 261 g/mol. The minimum Gasteiger partial charge on any atom is -0.366 e. The molecule has 1 fully saturated rings. The quantitative estimate of drug-likeness (QED) is 0.885. The third-order valence-corrected chi connectivity index (χ3v) is 4.10. The van der Waals surface area contributed by atoms with Crippen molar-refractivity contribution in [2.24, 2.45) is 5.73 Å². The van der Waals surface area contributed by atoms with Crippen LogP contribution >= 0.6 is 0 Å². The highest BCUT2D eigenvalue weighted by Crippen LogP contribution is 2.29. The van der Waals surface area contributed by atoms with Crippen LogP contribution in [0, 0.1) is 20.8 Å². The van der Waals surface area contributed by atoms with Crippen LogP contribution < -0.4 is 10.6 Å². The van der Waals surface area contributed by atoms with Gasteiger partial charge in [-0.25, -0.2) is 0 Å². The van der Waals surface area contributed by atoms with Crippen LogP contribution in [-0.2, 0) is 0 Å². The number of aryl methyl sites for hydroxylation is 3. The molecule has 0 spiro atoms. The summed E-state index contributed by atoms with van der Waals surface area (Å²) in [6.45, 7) is 10.7. The summed E-state index contributed by atoms with van der Waals surface area (Å²) in [5.41, 5.74) is 11.5. The summed E-state index contributed by atoms with van der Waals surface area (Å²) in [6.07, 6.45) is 1.21. The predicted octanol–water partition coefficient (Wildman–Crippen LogP) is 2.08. The summed E-state index contributed by atoms with van der Waals surface area (Å²) in [6, 6.07) is 4.99. The number of nitrogens with two attached hydrogens (primary N) is 1. The molecule has 2 rings (SSSR count). The average molecular weight is 261 g/mol. The zero-order valence-electron chi connectivity index (χ0n) is 12.7. The lowest BCUT2D eigenvalue weighted by atomic mass is 10.0. The lowest BCUT2D eigenvalue weighted by molar-refractivity contribution is 0.332. The Bertz CT molecular complexity index is 419. The van der Waals surface area contributed by atoms with Gasteiger partial charge >= 0.3 is 0 Å². The van der Waals surface area contributed by atoms with E-state index in [1.54, 1.807) is 0 Å². The van der Waals surface area contributed by atoms with Crippen LogP contribution in [0.2, 0.25) is 0 Å². The SMILES string of the molecule is Cc1cc(C)c(N2CCCN(C)CC2CN)c(C)c1. The maximum atomic E-state index is 6.02. The molecule has 1 aliphatic rings. The maximum Gasteiger partial charge on any atom is 0.0539 e. The fraction of sp³-hybridized carbons (Fsp3) is 0.625. The van der Waals surface area contributed by atoms with Gasteiger partial charge in [-0.15, -0.1) is 0 Å². The van der Waals surface area contributed by atoms with Crippen molar-refractivity contribution in [2.45, 2.75) is 33.2 Å². The smallest absolute Gasteiger partial charge is 0.0539 e. The molecule has 1 atom stereocenters. The summed E-state index contributed by atoms with van der Waals surface area (Å²) in [5, 5.41) is 0. The van der Waals surface area contributed by atoms with Crippen molar-refractivity contribution < 1.29 is 0 Å². The second-order valence-electron chi connectivity index (χ2n) is 5.95. The summed E-state index contributed by atoms with van der Waals surface area (Å²) in [4.78, 5) is 4.93. The molecule has 3 nitrogen and oxygen atoms in total. The number of nitrogens with zero attached hydrogens (tertiary/aromatic N) is 2. The standard InChI is InChI=1S/C16H27N3/c1-12-8-13(2)16(14(3)9-12)19-7-5-6-18(4)11-15(19)10-17/h8-9,15H,5-7,10-11,17H2,1-4H3. The van der Waals surface area contributed by atoms with E-state index in [0.717, 1.165) is 26.2 Å². The van der Waals surface area contributed by atoms with E-state index in [4.69, 9.17) is 5.73 Å². The molecule has 19 heavy (non-hydrogen) atoms. The molecule has 0 saturated carbocycles. The van der Waals surface area contributed by atoms with Gasteiger partial charge in [-0.3, -0.25) is 0 Å². The zero-order valence-corrected chi connectivity index (χ0v) is 12.7. The number of anilines is 1. The molecule has 0 radical (unpaired) electrons. The summed E-state index contributed by atoms with van der Waals surface area (Å²) in [5.74, 6) is 0. The van der Waals surface area contributed by atoms with E-state index in [9.17, 15) is 0 Å². The van der Waals surface area contributed by atoms with Gasteiger partial charge in [0.1, 0.15) is 0 Å². The van der Waals surface area contributed by atoms with E-state index in [-0.39, 0.29) is 0 Å². The molecule has 106 valence electrons. The molecule has 1 aromatic rings. The van der Waals surface area contributed by atoms with Gasteiger partial charge in [0.15, 0.2) is 0 Å². The normalized spacial score (nSPS) is 21.5. The minimum absolute atomic E-state index is 0.424. The topological polar surface area (TPSA) is 32.5 Å².